The molecule has 2 N–H and O–H groups in total. The van der Waals surface area contributed by atoms with Crippen LogP contribution in [0.25, 0.3) is 5.69 Å². The number of thiocarbonyl (C=S) groups is 1. The van der Waals surface area contributed by atoms with E-state index in [1.165, 1.54) is 0 Å². The molecule has 7 nitrogen and oxygen atoms in total. The fourth-order valence-corrected chi connectivity index (χ4v) is 6.32. The molecule has 3 heterocycles. The molecule has 2 unspecified atom stereocenters. The average molecular weight is 566 g/mol. The summed E-state index contributed by atoms with van der Waals surface area (Å²) in [5.41, 5.74) is 7.28. The topological polar surface area (TPSA) is 79.3 Å². The number of rotatable bonds is 6. The largest absolute Gasteiger partial charge is 0.351 e. The maximum absolute atomic E-state index is 11.8. The number of sulfonamides is 1. The number of anilines is 2. The van der Waals surface area contributed by atoms with Gasteiger partial charge in [0, 0.05) is 34.0 Å². The van der Waals surface area contributed by atoms with Crippen molar-refractivity contribution < 1.29 is 8.42 Å². The minimum absolute atomic E-state index is 0.203. The van der Waals surface area contributed by atoms with Gasteiger partial charge in [-0.05, 0) is 98.7 Å². The minimum Gasteiger partial charge on any atom is -0.351 e. The van der Waals surface area contributed by atoms with Crippen molar-refractivity contribution >= 4 is 50.3 Å². The van der Waals surface area contributed by atoms with E-state index >= 15 is 0 Å². The average Bonchev–Trinajstić information content (AvgIpc) is 3.35. The lowest BCUT2D eigenvalue weighted by Gasteiger charge is -2.29. The van der Waals surface area contributed by atoms with Crippen LogP contribution in [-0.4, -0.2) is 29.3 Å². The summed E-state index contributed by atoms with van der Waals surface area (Å²) in [4.78, 5) is 6.74. The van der Waals surface area contributed by atoms with Crippen molar-refractivity contribution in [2.24, 2.45) is 0 Å². The number of nitrogens with zero attached hydrogens (tertiary/aromatic N) is 3. The zero-order valence-electron chi connectivity index (χ0n) is 21.4. The second-order valence-corrected chi connectivity index (χ2v) is 12.1. The molecule has 2 aromatic carbocycles. The maximum atomic E-state index is 11.8. The van der Waals surface area contributed by atoms with E-state index in [1.807, 2.05) is 61.5 Å². The molecule has 1 saturated heterocycles. The zero-order chi connectivity index (χ0) is 27.2. The van der Waals surface area contributed by atoms with Gasteiger partial charge in [0.05, 0.1) is 29.7 Å². The molecule has 1 aliphatic rings. The third kappa shape index (κ3) is 5.01. The predicted octanol–water partition coefficient (Wildman–Crippen LogP) is 6.00. The first-order chi connectivity index (χ1) is 18.0. The van der Waals surface area contributed by atoms with E-state index < -0.39 is 10.0 Å². The molecule has 10 heteroatoms. The molecule has 0 aliphatic carbocycles. The molecule has 0 radical (unpaired) electrons. The number of aryl methyl sites for hydroxylation is 2. The number of pyridine rings is 1. The smallest absolute Gasteiger partial charge is 0.229 e. The number of benzene rings is 2. The summed E-state index contributed by atoms with van der Waals surface area (Å²) in [6, 6.07) is 21.1. The number of hydrogen-bond acceptors (Lipinski definition) is 4. The summed E-state index contributed by atoms with van der Waals surface area (Å²) in [6.45, 7) is 6.05. The molecule has 38 heavy (non-hydrogen) atoms. The van der Waals surface area contributed by atoms with Crippen LogP contribution in [0.5, 0.6) is 0 Å². The Hall–Kier alpha value is -3.40. The molecular weight excluding hydrogens is 538 g/mol. The van der Waals surface area contributed by atoms with Crippen molar-refractivity contribution in [3.05, 3.63) is 106 Å². The molecule has 0 saturated carbocycles. The fraction of sp³-hybridized carbons (Fsp3) is 0.214. The molecule has 0 spiro atoms. The Morgan fingerprint density at radius 3 is 2.45 bits per heavy atom. The van der Waals surface area contributed by atoms with E-state index in [9.17, 15) is 8.42 Å². The second-order valence-electron chi connectivity index (χ2n) is 9.51. The minimum atomic E-state index is -3.40. The van der Waals surface area contributed by atoms with Crippen molar-refractivity contribution in [3.63, 3.8) is 0 Å². The Bertz CT molecular complexity index is 1640. The van der Waals surface area contributed by atoms with Crippen LogP contribution < -0.4 is 14.9 Å². The van der Waals surface area contributed by atoms with Gasteiger partial charge in [-0.1, -0.05) is 23.7 Å². The Kier molecular flexibility index (Phi) is 6.94. The second kappa shape index (κ2) is 10.1. The van der Waals surface area contributed by atoms with E-state index in [0.717, 1.165) is 45.8 Å². The number of nitrogens with one attached hydrogen (secondary N) is 2. The quantitative estimate of drug-likeness (QED) is 0.279. The van der Waals surface area contributed by atoms with Gasteiger partial charge in [-0.2, -0.15) is 0 Å². The summed E-state index contributed by atoms with van der Waals surface area (Å²) in [6.07, 6.45) is 2.92. The van der Waals surface area contributed by atoms with Gasteiger partial charge >= 0.3 is 0 Å². The van der Waals surface area contributed by atoms with E-state index in [-0.39, 0.29) is 12.1 Å². The lowest BCUT2D eigenvalue weighted by atomic mass is 9.96. The first-order valence-electron chi connectivity index (χ1n) is 12.1. The van der Waals surface area contributed by atoms with Crippen LogP contribution in [-0.2, 0) is 10.0 Å². The standard InChI is InChI=1S/C28H28ClN5O2S2/c1-17-14-22(11-12-24(17)32-38(4,35)36)34-27(26(31-28(34)37)25-10-5-6-13-30-25)23-15-18(2)33(19(23)3)21-9-7-8-20(29)16-21/h5-16,26-27,32H,1-4H3,(H,31,37). The first kappa shape index (κ1) is 26.2. The summed E-state index contributed by atoms with van der Waals surface area (Å²) in [7, 11) is -3.40. The van der Waals surface area contributed by atoms with Crippen molar-refractivity contribution in [1.82, 2.24) is 14.9 Å². The lowest BCUT2D eigenvalue weighted by molar-refractivity contribution is 0.565. The summed E-state index contributed by atoms with van der Waals surface area (Å²) >= 11 is 12.2. The van der Waals surface area contributed by atoms with Crippen molar-refractivity contribution in [1.29, 1.82) is 0 Å². The van der Waals surface area contributed by atoms with Crippen LogP contribution in [0.2, 0.25) is 5.02 Å². The highest BCUT2D eigenvalue weighted by atomic mass is 35.5. The van der Waals surface area contributed by atoms with Crippen LogP contribution in [0.15, 0.2) is 72.9 Å². The SMILES string of the molecule is Cc1cc(N2C(=S)NC(c3ccccn3)C2c2cc(C)n(-c3cccc(Cl)c3)c2C)ccc1NS(C)(=O)=O. The van der Waals surface area contributed by atoms with Crippen LogP contribution in [0.3, 0.4) is 0 Å². The van der Waals surface area contributed by atoms with E-state index in [1.54, 1.807) is 12.3 Å². The highest BCUT2D eigenvalue weighted by molar-refractivity contribution is 7.92. The number of halogens is 1. The summed E-state index contributed by atoms with van der Waals surface area (Å²) in [5.74, 6) is 0. The van der Waals surface area contributed by atoms with Gasteiger partial charge in [-0.25, -0.2) is 8.42 Å². The predicted molar refractivity (Wildman–Crippen MR) is 158 cm³/mol. The van der Waals surface area contributed by atoms with E-state index in [2.05, 4.69) is 44.4 Å². The summed E-state index contributed by atoms with van der Waals surface area (Å²) < 4.78 is 28.4. The van der Waals surface area contributed by atoms with Crippen molar-refractivity contribution in [2.45, 2.75) is 32.9 Å². The Morgan fingerprint density at radius 1 is 1.00 bits per heavy atom. The molecule has 196 valence electrons. The monoisotopic (exact) mass is 565 g/mol. The van der Waals surface area contributed by atoms with Crippen LogP contribution in [0, 0.1) is 20.8 Å². The van der Waals surface area contributed by atoms with Crippen LogP contribution in [0.1, 0.15) is 40.3 Å². The molecule has 0 bridgehead atoms. The molecule has 2 aromatic heterocycles. The number of hydrogen-bond donors (Lipinski definition) is 2. The third-order valence-corrected chi connectivity index (χ3v) is 7.88. The lowest BCUT2D eigenvalue weighted by Crippen LogP contribution is -2.29. The highest BCUT2D eigenvalue weighted by Crippen LogP contribution is 2.44. The molecule has 1 fully saturated rings. The van der Waals surface area contributed by atoms with Gasteiger partial charge < -0.3 is 14.8 Å². The zero-order valence-corrected chi connectivity index (χ0v) is 23.8. The fourth-order valence-electron chi connectivity index (χ4n) is 5.16. The normalized spacial score (nSPS) is 17.5. The van der Waals surface area contributed by atoms with Gasteiger partial charge in [0.2, 0.25) is 10.0 Å². The third-order valence-electron chi connectivity index (χ3n) is 6.74. The van der Waals surface area contributed by atoms with Gasteiger partial charge in [-0.3, -0.25) is 9.71 Å². The van der Waals surface area contributed by atoms with E-state index in [0.29, 0.717) is 15.8 Å². The Labute approximate surface area is 233 Å². The van der Waals surface area contributed by atoms with Crippen molar-refractivity contribution in [2.75, 3.05) is 15.9 Å². The first-order valence-corrected chi connectivity index (χ1v) is 14.7. The maximum Gasteiger partial charge on any atom is 0.229 e. The van der Waals surface area contributed by atoms with Gasteiger partial charge in [-0.15, -0.1) is 0 Å². The molecule has 5 rings (SSSR count). The van der Waals surface area contributed by atoms with Gasteiger partial charge in [0.15, 0.2) is 5.11 Å². The molecule has 2 atom stereocenters. The van der Waals surface area contributed by atoms with E-state index in [4.69, 9.17) is 23.8 Å². The molecular formula is C28H28ClN5O2S2. The van der Waals surface area contributed by atoms with Gasteiger partial charge in [0.1, 0.15) is 0 Å². The van der Waals surface area contributed by atoms with Crippen LogP contribution >= 0.6 is 23.8 Å². The molecule has 0 amide bonds. The number of aromatic nitrogens is 2. The summed E-state index contributed by atoms with van der Waals surface area (Å²) in [5, 5.41) is 4.74. The Balaban J connectivity index is 1.65. The van der Waals surface area contributed by atoms with Crippen molar-refractivity contribution in [3.8, 4) is 5.69 Å². The molecule has 1 aliphatic heterocycles. The van der Waals surface area contributed by atoms with Gasteiger partial charge in [0.25, 0.3) is 0 Å². The highest BCUT2D eigenvalue weighted by Gasteiger charge is 2.42. The Morgan fingerprint density at radius 2 is 1.79 bits per heavy atom. The van der Waals surface area contributed by atoms with Crippen LogP contribution in [0.4, 0.5) is 11.4 Å². The molecule has 4 aromatic rings.